The van der Waals surface area contributed by atoms with Gasteiger partial charge >= 0.3 is 0 Å². The van der Waals surface area contributed by atoms with Gasteiger partial charge in [-0.1, -0.05) is 18.2 Å². The molecular formula is C18H13N5O. The molecule has 3 aromatic heterocycles. The first-order valence-electron chi connectivity index (χ1n) is 7.43. The molecule has 0 saturated heterocycles. The molecule has 0 N–H and O–H groups in total. The van der Waals surface area contributed by atoms with Crippen molar-refractivity contribution in [2.45, 2.75) is 0 Å². The summed E-state index contributed by atoms with van der Waals surface area (Å²) < 4.78 is 3.36. The van der Waals surface area contributed by atoms with Crippen LogP contribution in [0.5, 0.6) is 0 Å². The van der Waals surface area contributed by atoms with Gasteiger partial charge in [-0.2, -0.15) is 10.2 Å². The van der Waals surface area contributed by atoms with Crippen LogP contribution in [-0.2, 0) is 0 Å². The zero-order chi connectivity index (χ0) is 16.4. The minimum Gasteiger partial charge on any atom is -0.287 e. The Balaban J connectivity index is 1.87. The van der Waals surface area contributed by atoms with Crippen molar-refractivity contribution in [3.8, 4) is 22.8 Å². The summed E-state index contributed by atoms with van der Waals surface area (Å²) in [5.41, 5.74) is 2.53. The van der Waals surface area contributed by atoms with Crippen molar-refractivity contribution in [2.75, 3.05) is 0 Å². The number of pyridine rings is 1. The van der Waals surface area contributed by atoms with Crippen LogP contribution in [0.2, 0.25) is 0 Å². The molecular weight excluding hydrogens is 302 g/mol. The topological polar surface area (TPSA) is 65.6 Å². The van der Waals surface area contributed by atoms with E-state index in [0.717, 1.165) is 11.4 Å². The molecule has 4 aromatic rings. The summed E-state index contributed by atoms with van der Waals surface area (Å²) in [6.45, 7) is 0. The summed E-state index contributed by atoms with van der Waals surface area (Å²) >= 11 is 0. The molecule has 0 saturated carbocycles. The molecule has 0 aliphatic heterocycles. The molecule has 3 heterocycles. The van der Waals surface area contributed by atoms with Crippen molar-refractivity contribution < 1.29 is 0 Å². The third kappa shape index (κ3) is 2.50. The SMILES string of the molecule is O=c1ccn(-c2ccccc2)nc1-c1ccnn1-c1ccncc1. The lowest BCUT2D eigenvalue weighted by molar-refractivity contribution is 0.822. The number of para-hydroxylation sites is 1. The third-order valence-corrected chi connectivity index (χ3v) is 3.62. The van der Waals surface area contributed by atoms with Crippen molar-refractivity contribution in [1.82, 2.24) is 24.5 Å². The molecule has 1 aromatic carbocycles. The van der Waals surface area contributed by atoms with E-state index in [4.69, 9.17) is 0 Å². The zero-order valence-electron chi connectivity index (χ0n) is 12.6. The third-order valence-electron chi connectivity index (χ3n) is 3.62. The molecule has 0 aliphatic rings. The van der Waals surface area contributed by atoms with E-state index in [1.807, 2.05) is 42.5 Å². The quantitative estimate of drug-likeness (QED) is 0.582. The lowest BCUT2D eigenvalue weighted by Gasteiger charge is -2.09. The maximum absolute atomic E-state index is 12.4. The Labute approximate surface area is 137 Å². The highest BCUT2D eigenvalue weighted by Crippen LogP contribution is 2.17. The fourth-order valence-electron chi connectivity index (χ4n) is 2.48. The molecule has 6 nitrogen and oxygen atoms in total. The average Bonchev–Trinajstić information content (AvgIpc) is 3.13. The molecule has 116 valence electrons. The number of benzene rings is 1. The number of aromatic nitrogens is 5. The fourth-order valence-corrected chi connectivity index (χ4v) is 2.48. The van der Waals surface area contributed by atoms with Crippen molar-refractivity contribution in [1.29, 1.82) is 0 Å². The highest BCUT2D eigenvalue weighted by molar-refractivity contribution is 5.57. The Morgan fingerprint density at radius 3 is 2.38 bits per heavy atom. The second-order valence-electron chi connectivity index (χ2n) is 5.14. The molecule has 0 unspecified atom stereocenters. The standard InChI is InChI=1S/C18H13N5O/c24-17-9-13-22(14-4-2-1-3-5-14)21-18(17)16-8-12-20-23(16)15-6-10-19-11-7-15/h1-13H. The largest absolute Gasteiger partial charge is 0.287 e. The smallest absolute Gasteiger partial charge is 0.209 e. The van der Waals surface area contributed by atoms with E-state index in [9.17, 15) is 4.79 Å². The van der Waals surface area contributed by atoms with Crippen LogP contribution < -0.4 is 5.43 Å². The van der Waals surface area contributed by atoms with Gasteiger partial charge in [0.1, 0.15) is 0 Å². The van der Waals surface area contributed by atoms with Crippen molar-refractivity contribution in [2.24, 2.45) is 0 Å². The predicted molar refractivity (Wildman–Crippen MR) is 90.2 cm³/mol. The molecule has 0 radical (unpaired) electrons. The van der Waals surface area contributed by atoms with Crippen molar-refractivity contribution in [3.05, 3.63) is 89.6 Å². The minimum atomic E-state index is -0.155. The first-order valence-corrected chi connectivity index (χ1v) is 7.43. The van der Waals surface area contributed by atoms with Gasteiger partial charge in [0.2, 0.25) is 5.43 Å². The van der Waals surface area contributed by atoms with Crippen LogP contribution in [0.1, 0.15) is 0 Å². The lowest BCUT2D eigenvalue weighted by atomic mass is 10.2. The molecule has 0 atom stereocenters. The van der Waals surface area contributed by atoms with Crippen molar-refractivity contribution in [3.63, 3.8) is 0 Å². The van der Waals surface area contributed by atoms with Gasteiger partial charge in [0.05, 0.1) is 23.3 Å². The molecule has 4 rings (SSSR count). The van der Waals surface area contributed by atoms with E-state index in [-0.39, 0.29) is 5.43 Å². The summed E-state index contributed by atoms with van der Waals surface area (Å²) in [4.78, 5) is 16.4. The number of hydrogen-bond donors (Lipinski definition) is 0. The van der Waals surface area contributed by atoms with Crippen LogP contribution in [0.15, 0.2) is 84.2 Å². The van der Waals surface area contributed by atoms with Crippen LogP contribution >= 0.6 is 0 Å². The van der Waals surface area contributed by atoms with Gasteiger partial charge < -0.3 is 0 Å². The predicted octanol–water partition coefficient (Wildman–Crippen LogP) is 2.48. The molecule has 6 heteroatoms. The Morgan fingerprint density at radius 1 is 0.792 bits per heavy atom. The van der Waals surface area contributed by atoms with Crippen LogP contribution in [0, 0.1) is 0 Å². The van der Waals surface area contributed by atoms with Crippen molar-refractivity contribution >= 4 is 0 Å². The van der Waals surface area contributed by atoms with Crippen LogP contribution in [0.4, 0.5) is 0 Å². The highest BCUT2D eigenvalue weighted by atomic mass is 16.1. The summed E-state index contributed by atoms with van der Waals surface area (Å²) in [5, 5.41) is 8.81. The first kappa shape index (κ1) is 14.1. The number of hydrogen-bond acceptors (Lipinski definition) is 4. The maximum atomic E-state index is 12.4. The summed E-state index contributed by atoms with van der Waals surface area (Å²) in [6, 6.07) is 16.6. The Hall–Kier alpha value is -3.54. The van der Waals surface area contributed by atoms with E-state index in [0.29, 0.717) is 11.4 Å². The molecule has 0 fully saturated rings. The van der Waals surface area contributed by atoms with Gasteiger partial charge in [-0.05, 0) is 30.3 Å². The van der Waals surface area contributed by atoms with E-state index in [1.54, 1.807) is 40.2 Å². The van der Waals surface area contributed by atoms with Gasteiger partial charge in [-0.3, -0.25) is 9.78 Å². The molecule has 0 spiro atoms. The summed E-state index contributed by atoms with van der Waals surface area (Å²) in [5.74, 6) is 0. The molecule has 0 aliphatic carbocycles. The van der Waals surface area contributed by atoms with Gasteiger partial charge in [0, 0.05) is 24.7 Å². The van der Waals surface area contributed by atoms with Crippen LogP contribution in [0.3, 0.4) is 0 Å². The minimum absolute atomic E-state index is 0.155. The Morgan fingerprint density at radius 2 is 1.58 bits per heavy atom. The second-order valence-corrected chi connectivity index (χ2v) is 5.14. The zero-order valence-corrected chi connectivity index (χ0v) is 12.6. The molecule has 0 amide bonds. The van der Waals surface area contributed by atoms with E-state index >= 15 is 0 Å². The van der Waals surface area contributed by atoms with Gasteiger partial charge in [-0.25, -0.2) is 9.36 Å². The Kier molecular flexibility index (Phi) is 3.47. The van der Waals surface area contributed by atoms with Gasteiger partial charge in [-0.15, -0.1) is 0 Å². The lowest BCUT2D eigenvalue weighted by Crippen LogP contribution is -2.14. The van der Waals surface area contributed by atoms with Crippen LogP contribution in [-0.4, -0.2) is 24.5 Å². The van der Waals surface area contributed by atoms with E-state index in [2.05, 4.69) is 15.2 Å². The maximum Gasteiger partial charge on any atom is 0.209 e. The van der Waals surface area contributed by atoms with E-state index in [1.165, 1.54) is 6.07 Å². The summed E-state index contributed by atoms with van der Waals surface area (Å²) in [6.07, 6.45) is 6.67. The van der Waals surface area contributed by atoms with E-state index < -0.39 is 0 Å². The fraction of sp³-hybridized carbons (Fsp3) is 0. The number of nitrogens with zero attached hydrogens (tertiary/aromatic N) is 5. The summed E-state index contributed by atoms with van der Waals surface area (Å²) in [7, 11) is 0. The Bertz CT molecular complexity index is 1020. The average molecular weight is 315 g/mol. The molecule has 0 bridgehead atoms. The second kappa shape index (κ2) is 5.92. The van der Waals surface area contributed by atoms with Gasteiger partial charge in [0.15, 0.2) is 5.69 Å². The first-order chi connectivity index (χ1) is 11.8. The van der Waals surface area contributed by atoms with Crippen LogP contribution in [0.25, 0.3) is 22.8 Å². The van der Waals surface area contributed by atoms with Gasteiger partial charge in [0.25, 0.3) is 0 Å². The monoisotopic (exact) mass is 315 g/mol. The highest BCUT2D eigenvalue weighted by Gasteiger charge is 2.13. The normalized spacial score (nSPS) is 10.7. The number of rotatable bonds is 3. The molecule has 24 heavy (non-hydrogen) atoms.